The van der Waals surface area contributed by atoms with E-state index in [1.54, 1.807) is 26.0 Å². The molecule has 1 aliphatic heterocycles. The lowest BCUT2D eigenvalue weighted by Crippen LogP contribution is -2.40. The quantitative estimate of drug-likeness (QED) is 0.534. The van der Waals surface area contributed by atoms with Gasteiger partial charge in [-0.2, -0.15) is 0 Å². The number of benzene rings is 2. The highest BCUT2D eigenvalue weighted by atomic mass is 35.5. The number of esters is 1. The molecule has 1 aliphatic rings. The van der Waals surface area contributed by atoms with Crippen molar-refractivity contribution < 1.29 is 9.53 Å². The van der Waals surface area contributed by atoms with Gasteiger partial charge >= 0.3 is 5.97 Å². The summed E-state index contributed by atoms with van der Waals surface area (Å²) in [4.78, 5) is 31.3. The second-order valence-electron chi connectivity index (χ2n) is 7.12. The lowest BCUT2D eigenvalue weighted by molar-refractivity contribution is -0.139. The zero-order valence-corrected chi connectivity index (χ0v) is 19.2. The molecule has 0 unspecified atom stereocenters. The Morgan fingerprint density at radius 3 is 2.62 bits per heavy atom. The number of hydrogen-bond donors (Lipinski definition) is 0. The highest BCUT2D eigenvalue weighted by molar-refractivity contribution is 7.07. The summed E-state index contributed by atoms with van der Waals surface area (Å²) in [7, 11) is 0. The zero-order valence-electron chi connectivity index (χ0n) is 17.6. The Kier molecular flexibility index (Phi) is 6.53. The monoisotopic (exact) mass is 464 g/mol. The minimum atomic E-state index is -0.709. The molecule has 0 saturated carbocycles. The average molecular weight is 465 g/mol. The number of thiazole rings is 1. The maximum Gasteiger partial charge on any atom is 0.338 e. The summed E-state index contributed by atoms with van der Waals surface area (Å²) in [6, 6.07) is 16.3. The number of fused-ring (bicyclic) bond motifs is 1. The van der Waals surface area contributed by atoms with Gasteiger partial charge in [0.25, 0.3) is 5.56 Å². The molecule has 7 heteroatoms. The van der Waals surface area contributed by atoms with E-state index in [1.165, 1.54) is 15.9 Å². The molecule has 3 aromatic rings. The van der Waals surface area contributed by atoms with E-state index in [-0.39, 0.29) is 12.2 Å². The van der Waals surface area contributed by atoms with E-state index in [2.05, 4.69) is 4.99 Å². The Morgan fingerprint density at radius 2 is 1.91 bits per heavy atom. The molecule has 0 bridgehead atoms. The highest BCUT2D eigenvalue weighted by Gasteiger charge is 2.34. The Bertz CT molecular complexity index is 1400. The lowest BCUT2D eigenvalue weighted by Gasteiger charge is -2.25. The van der Waals surface area contributed by atoms with Gasteiger partial charge in [0, 0.05) is 5.02 Å². The predicted octanol–water partition coefficient (Wildman–Crippen LogP) is 4.12. The van der Waals surface area contributed by atoms with Crippen molar-refractivity contribution in [2.45, 2.75) is 19.9 Å². The molecular formula is C25H21ClN2O3S. The number of hydrogen-bond acceptors (Lipinski definition) is 5. The van der Waals surface area contributed by atoms with Crippen LogP contribution in [0.3, 0.4) is 0 Å². The molecule has 2 heterocycles. The molecule has 0 aliphatic carbocycles. The fraction of sp³-hybridized carbons (Fsp3) is 0.160. The Morgan fingerprint density at radius 1 is 1.19 bits per heavy atom. The molecule has 5 nitrogen and oxygen atoms in total. The molecule has 0 spiro atoms. The molecule has 0 radical (unpaired) electrons. The third-order valence-electron chi connectivity index (χ3n) is 5.05. The van der Waals surface area contributed by atoms with Crippen molar-refractivity contribution in [2.75, 3.05) is 6.61 Å². The van der Waals surface area contributed by atoms with Gasteiger partial charge in [-0.1, -0.05) is 83.6 Å². The minimum absolute atomic E-state index is 0.222. The van der Waals surface area contributed by atoms with Gasteiger partial charge in [-0.25, -0.2) is 9.79 Å². The lowest BCUT2D eigenvalue weighted by atomic mass is 9.96. The Labute approximate surface area is 194 Å². The van der Waals surface area contributed by atoms with Crippen molar-refractivity contribution in [3.8, 4) is 0 Å². The van der Waals surface area contributed by atoms with Crippen LogP contribution >= 0.6 is 22.9 Å². The normalized spacial score (nSPS) is 16.2. The number of rotatable bonds is 5. The molecular weight excluding hydrogens is 444 g/mol. The molecule has 162 valence electrons. The van der Waals surface area contributed by atoms with Crippen LogP contribution in [0.2, 0.25) is 5.02 Å². The van der Waals surface area contributed by atoms with Gasteiger partial charge in [-0.15, -0.1) is 0 Å². The largest absolute Gasteiger partial charge is 0.463 e. The van der Waals surface area contributed by atoms with E-state index in [0.717, 1.165) is 5.56 Å². The zero-order chi connectivity index (χ0) is 22.7. The Hall–Kier alpha value is -3.22. The molecule has 2 aromatic carbocycles. The van der Waals surface area contributed by atoms with Crippen LogP contribution in [0.5, 0.6) is 0 Å². The predicted molar refractivity (Wildman–Crippen MR) is 128 cm³/mol. The minimum Gasteiger partial charge on any atom is -0.463 e. The second-order valence-corrected chi connectivity index (χ2v) is 8.53. The number of aromatic nitrogens is 1. The molecule has 0 amide bonds. The van der Waals surface area contributed by atoms with Crippen molar-refractivity contribution in [1.29, 1.82) is 0 Å². The third-order valence-corrected chi connectivity index (χ3v) is 6.40. The van der Waals surface area contributed by atoms with E-state index in [1.807, 2.05) is 60.7 Å². The summed E-state index contributed by atoms with van der Waals surface area (Å²) in [5.41, 5.74) is 2.29. The first-order valence-corrected chi connectivity index (χ1v) is 11.4. The molecule has 0 saturated heterocycles. The van der Waals surface area contributed by atoms with Gasteiger partial charge in [0.05, 0.1) is 22.4 Å². The van der Waals surface area contributed by atoms with Crippen LogP contribution in [0.15, 0.2) is 81.7 Å². The van der Waals surface area contributed by atoms with Crippen LogP contribution in [0.25, 0.3) is 12.2 Å². The van der Waals surface area contributed by atoms with Crippen LogP contribution in [0.1, 0.15) is 31.0 Å². The van der Waals surface area contributed by atoms with Gasteiger partial charge in [0.1, 0.15) is 6.04 Å². The van der Waals surface area contributed by atoms with Crippen LogP contribution in [0, 0.1) is 0 Å². The molecule has 0 N–H and O–H groups in total. The summed E-state index contributed by atoms with van der Waals surface area (Å²) in [6.07, 6.45) is 5.54. The topological polar surface area (TPSA) is 60.7 Å². The maximum absolute atomic E-state index is 13.4. The third kappa shape index (κ3) is 4.24. The van der Waals surface area contributed by atoms with Gasteiger partial charge in [0.2, 0.25) is 0 Å². The average Bonchev–Trinajstić information content (AvgIpc) is 3.09. The van der Waals surface area contributed by atoms with E-state index in [0.29, 0.717) is 31.2 Å². The molecule has 32 heavy (non-hydrogen) atoms. The standard InChI is InChI=1S/C25H21ClN2O3S/c1-3-31-24(30)21-16(2)27-25-28(22(21)18-13-7-8-14-19(18)26)23(29)20(32-25)15-9-12-17-10-5-4-6-11-17/h4-15,22H,3H2,1-2H3/b12-9-,20-15-/t22-/m0/s1. The van der Waals surface area contributed by atoms with Gasteiger partial charge in [-0.05, 0) is 37.1 Å². The Balaban J connectivity index is 1.88. The van der Waals surface area contributed by atoms with E-state index >= 15 is 0 Å². The number of carbonyl (C=O) groups excluding carboxylic acids is 1. The van der Waals surface area contributed by atoms with Crippen molar-refractivity contribution in [1.82, 2.24) is 4.57 Å². The van der Waals surface area contributed by atoms with Gasteiger partial charge in [0.15, 0.2) is 4.80 Å². The van der Waals surface area contributed by atoms with Crippen molar-refractivity contribution >= 4 is 41.1 Å². The highest BCUT2D eigenvalue weighted by Crippen LogP contribution is 2.34. The molecule has 0 fully saturated rings. The fourth-order valence-corrected chi connectivity index (χ4v) is 4.84. The summed E-state index contributed by atoms with van der Waals surface area (Å²) >= 11 is 7.77. The van der Waals surface area contributed by atoms with Crippen LogP contribution in [-0.2, 0) is 9.53 Å². The number of ether oxygens (including phenoxy) is 1. The molecule has 1 aromatic heterocycles. The van der Waals surface area contributed by atoms with Gasteiger partial charge in [-0.3, -0.25) is 9.36 Å². The number of carbonyl (C=O) groups is 1. The van der Waals surface area contributed by atoms with E-state index in [4.69, 9.17) is 16.3 Å². The number of halogens is 1. The summed E-state index contributed by atoms with van der Waals surface area (Å²) in [6.45, 7) is 3.72. The fourth-order valence-electron chi connectivity index (χ4n) is 3.61. The smallest absolute Gasteiger partial charge is 0.338 e. The van der Waals surface area contributed by atoms with Crippen molar-refractivity contribution in [3.63, 3.8) is 0 Å². The van der Waals surface area contributed by atoms with Crippen LogP contribution < -0.4 is 14.9 Å². The van der Waals surface area contributed by atoms with Crippen molar-refractivity contribution in [3.05, 3.63) is 108 Å². The van der Waals surface area contributed by atoms with Gasteiger partial charge < -0.3 is 4.74 Å². The van der Waals surface area contributed by atoms with Crippen LogP contribution in [0.4, 0.5) is 0 Å². The molecule has 1 atom stereocenters. The number of allylic oxidation sites excluding steroid dienone is 2. The maximum atomic E-state index is 13.4. The molecule has 4 rings (SSSR count). The first-order chi connectivity index (χ1) is 15.5. The summed E-state index contributed by atoms with van der Waals surface area (Å²) in [5.74, 6) is -0.503. The second kappa shape index (κ2) is 9.51. The van der Waals surface area contributed by atoms with Crippen LogP contribution in [-0.4, -0.2) is 17.1 Å². The SMILES string of the molecule is CCOC(=O)C1=C(C)N=c2s/c(=C\C=C/c3ccccc3)c(=O)n2[C@H]1c1ccccc1Cl. The summed E-state index contributed by atoms with van der Waals surface area (Å²) < 4.78 is 7.34. The van der Waals surface area contributed by atoms with E-state index < -0.39 is 12.0 Å². The summed E-state index contributed by atoms with van der Waals surface area (Å²) in [5, 5.41) is 0.465. The van der Waals surface area contributed by atoms with E-state index in [9.17, 15) is 9.59 Å². The van der Waals surface area contributed by atoms with Crippen molar-refractivity contribution in [2.24, 2.45) is 4.99 Å². The first-order valence-electron chi connectivity index (χ1n) is 10.2. The first kappa shape index (κ1) is 22.0. The number of nitrogens with zero attached hydrogens (tertiary/aromatic N) is 2.